The Hall–Kier alpha value is -2.75. The molecule has 4 nitrogen and oxygen atoms in total. The predicted octanol–water partition coefficient (Wildman–Crippen LogP) is 2.84. The van der Waals surface area contributed by atoms with Crippen LogP contribution in [0, 0.1) is 11.8 Å². The lowest BCUT2D eigenvalue weighted by molar-refractivity contribution is -0.111. The van der Waals surface area contributed by atoms with Crippen LogP contribution in [0.1, 0.15) is 16.8 Å². The summed E-state index contributed by atoms with van der Waals surface area (Å²) in [4.78, 5) is 29.0. The van der Waals surface area contributed by atoms with E-state index in [4.69, 9.17) is 4.84 Å². The zero-order valence-electron chi connectivity index (χ0n) is 11.7. The van der Waals surface area contributed by atoms with Crippen LogP contribution in [0.15, 0.2) is 70.9 Å². The van der Waals surface area contributed by atoms with Gasteiger partial charge in [-0.05, 0) is 36.3 Å². The van der Waals surface area contributed by atoms with E-state index in [0.29, 0.717) is 11.3 Å². The van der Waals surface area contributed by atoms with Crippen molar-refractivity contribution in [1.29, 1.82) is 0 Å². The number of carbonyl (C=O) groups excluding carboxylic acids is 2. The van der Waals surface area contributed by atoms with Crippen molar-refractivity contribution in [2.75, 3.05) is 0 Å². The van der Waals surface area contributed by atoms with Crippen LogP contribution in [-0.4, -0.2) is 17.5 Å². The average Bonchev–Trinajstić information content (AvgIpc) is 3.17. The molecule has 1 aromatic carbocycles. The molecule has 0 radical (unpaired) electrons. The molecule has 0 N–H and O–H groups in total. The van der Waals surface area contributed by atoms with Crippen molar-refractivity contribution in [3.05, 3.63) is 71.3 Å². The van der Waals surface area contributed by atoms with Crippen molar-refractivity contribution in [1.82, 2.24) is 0 Å². The third kappa shape index (κ3) is 1.96. The van der Waals surface area contributed by atoms with E-state index in [2.05, 4.69) is 17.3 Å². The van der Waals surface area contributed by atoms with Gasteiger partial charge in [-0.2, -0.15) is 0 Å². The quantitative estimate of drug-likeness (QED) is 0.364. The molecule has 1 aromatic rings. The second-order valence-electron chi connectivity index (χ2n) is 5.58. The summed E-state index contributed by atoms with van der Waals surface area (Å²) in [7, 11) is 0. The number of allylic oxidation sites excluding steroid dienone is 6. The fourth-order valence-corrected chi connectivity index (χ4v) is 3.30. The Morgan fingerprint density at radius 3 is 2.55 bits per heavy atom. The molecule has 3 aliphatic rings. The lowest BCUT2D eigenvalue weighted by Gasteiger charge is -2.17. The first-order valence-corrected chi connectivity index (χ1v) is 7.23. The number of oxime groups is 1. The minimum atomic E-state index is -0.501. The summed E-state index contributed by atoms with van der Waals surface area (Å²) < 4.78 is 0. The summed E-state index contributed by atoms with van der Waals surface area (Å²) in [5, 5.41) is 3.99. The van der Waals surface area contributed by atoms with E-state index in [0.717, 1.165) is 17.6 Å². The van der Waals surface area contributed by atoms with Gasteiger partial charge in [0.15, 0.2) is 5.78 Å². The van der Waals surface area contributed by atoms with Gasteiger partial charge in [0.1, 0.15) is 5.71 Å². The van der Waals surface area contributed by atoms with Gasteiger partial charge in [0.25, 0.3) is 0 Å². The van der Waals surface area contributed by atoms with E-state index in [1.54, 1.807) is 30.3 Å². The molecule has 0 unspecified atom stereocenters. The molecule has 4 heteroatoms. The summed E-state index contributed by atoms with van der Waals surface area (Å²) in [6.07, 6.45) is 8.24. The van der Waals surface area contributed by atoms with Crippen molar-refractivity contribution in [2.45, 2.75) is 6.42 Å². The van der Waals surface area contributed by atoms with Crippen LogP contribution in [0.25, 0.3) is 0 Å². The highest BCUT2D eigenvalue weighted by molar-refractivity contribution is 6.23. The maximum absolute atomic E-state index is 12.0. The molecule has 0 saturated heterocycles. The number of hydrogen-bond donors (Lipinski definition) is 0. The van der Waals surface area contributed by atoms with Crippen LogP contribution < -0.4 is 0 Å². The van der Waals surface area contributed by atoms with Crippen molar-refractivity contribution < 1.29 is 14.4 Å². The third-order valence-electron chi connectivity index (χ3n) is 4.29. The first-order valence-electron chi connectivity index (χ1n) is 7.23. The van der Waals surface area contributed by atoms with Crippen LogP contribution in [0.3, 0.4) is 0 Å². The summed E-state index contributed by atoms with van der Waals surface area (Å²) in [6.45, 7) is 0. The molecule has 0 saturated carbocycles. The van der Waals surface area contributed by atoms with Gasteiger partial charge in [-0.3, -0.25) is 4.79 Å². The Kier molecular flexibility index (Phi) is 2.89. The van der Waals surface area contributed by atoms with Crippen LogP contribution in [0.5, 0.6) is 0 Å². The van der Waals surface area contributed by atoms with Gasteiger partial charge in [0.05, 0.1) is 5.56 Å². The zero-order chi connectivity index (χ0) is 15.1. The van der Waals surface area contributed by atoms with E-state index in [1.165, 1.54) is 6.08 Å². The number of fused-ring (bicyclic) bond motifs is 4. The van der Waals surface area contributed by atoms with Gasteiger partial charge in [0, 0.05) is 17.4 Å². The van der Waals surface area contributed by atoms with Gasteiger partial charge >= 0.3 is 5.97 Å². The summed E-state index contributed by atoms with van der Waals surface area (Å²) >= 11 is 0. The van der Waals surface area contributed by atoms with Crippen molar-refractivity contribution in [2.24, 2.45) is 17.0 Å². The zero-order valence-corrected chi connectivity index (χ0v) is 11.7. The number of hydrogen-bond acceptors (Lipinski definition) is 4. The van der Waals surface area contributed by atoms with E-state index < -0.39 is 5.97 Å². The van der Waals surface area contributed by atoms with Gasteiger partial charge < -0.3 is 4.84 Å². The highest BCUT2D eigenvalue weighted by Crippen LogP contribution is 2.46. The second kappa shape index (κ2) is 4.91. The second-order valence-corrected chi connectivity index (χ2v) is 5.58. The average molecular weight is 291 g/mol. The molecule has 3 aliphatic carbocycles. The first-order chi connectivity index (χ1) is 10.7. The van der Waals surface area contributed by atoms with E-state index in [-0.39, 0.29) is 17.6 Å². The molecule has 22 heavy (non-hydrogen) atoms. The molecule has 2 atom stereocenters. The lowest BCUT2D eigenvalue weighted by atomic mass is 9.87. The van der Waals surface area contributed by atoms with Gasteiger partial charge in [-0.1, -0.05) is 35.5 Å². The molecule has 4 rings (SSSR count). The van der Waals surface area contributed by atoms with Gasteiger partial charge in [0.2, 0.25) is 0 Å². The smallest absolute Gasteiger partial charge is 0.312 e. The fourth-order valence-electron chi connectivity index (χ4n) is 3.30. The van der Waals surface area contributed by atoms with Crippen LogP contribution in [0.2, 0.25) is 0 Å². The van der Waals surface area contributed by atoms with E-state index in [1.807, 2.05) is 6.07 Å². The monoisotopic (exact) mass is 291 g/mol. The summed E-state index contributed by atoms with van der Waals surface area (Å²) in [6, 6.07) is 8.72. The Balaban J connectivity index is 1.60. The van der Waals surface area contributed by atoms with Crippen molar-refractivity contribution in [3.8, 4) is 0 Å². The standard InChI is InChI=1S/C18H13NO3/c20-15-9-8-14(16-12-6-7-13(10-12)17(15)16)19-22-18(21)11-4-2-1-3-5-11/h1-9,12-13H,10H2/b19-14-/t12-,13+/m1/s1. The SMILES string of the molecule is O=C1C=C/C(=N/OC(=O)c2ccccc2)C2=C1[C@H]1C=C[C@@H]2C1. The van der Waals surface area contributed by atoms with E-state index in [9.17, 15) is 9.59 Å². The van der Waals surface area contributed by atoms with Gasteiger partial charge in [-0.15, -0.1) is 0 Å². The summed E-state index contributed by atoms with van der Waals surface area (Å²) in [5.74, 6) is -0.0602. The molecule has 0 aliphatic heterocycles. The third-order valence-corrected chi connectivity index (χ3v) is 4.29. The topological polar surface area (TPSA) is 55.7 Å². The molecular weight excluding hydrogens is 278 g/mol. The van der Waals surface area contributed by atoms with Crippen LogP contribution in [0.4, 0.5) is 0 Å². The Labute approximate surface area is 127 Å². The Morgan fingerprint density at radius 1 is 1.05 bits per heavy atom. The molecule has 0 heterocycles. The molecule has 0 spiro atoms. The Morgan fingerprint density at radius 2 is 1.77 bits per heavy atom. The number of benzene rings is 1. The molecule has 0 aromatic heterocycles. The molecule has 0 amide bonds. The maximum Gasteiger partial charge on any atom is 0.365 e. The molecule has 2 bridgehead atoms. The number of nitrogens with zero attached hydrogens (tertiary/aromatic N) is 1. The number of carbonyl (C=O) groups is 2. The number of ketones is 1. The fraction of sp³-hybridized carbons (Fsp3) is 0.167. The van der Waals surface area contributed by atoms with Crippen LogP contribution >= 0.6 is 0 Å². The predicted molar refractivity (Wildman–Crippen MR) is 81.2 cm³/mol. The highest BCUT2D eigenvalue weighted by Gasteiger charge is 2.41. The van der Waals surface area contributed by atoms with Crippen molar-refractivity contribution >= 4 is 17.5 Å². The highest BCUT2D eigenvalue weighted by atomic mass is 16.7. The molecule has 0 fully saturated rings. The van der Waals surface area contributed by atoms with Crippen LogP contribution in [-0.2, 0) is 9.63 Å². The minimum Gasteiger partial charge on any atom is -0.312 e. The maximum atomic E-state index is 12.0. The van der Waals surface area contributed by atoms with Gasteiger partial charge in [-0.25, -0.2) is 4.79 Å². The largest absolute Gasteiger partial charge is 0.365 e. The van der Waals surface area contributed by atoms with E-state index >= 15 is 0 Å². The van der Waals surface area contributed by atoms with Crippen molar-refractivity contribution in [3.63, 3.8) is 0 Å². The minimum absolute atomic E-state index is 0.0418. The first kappa shape index (κ1) is 13.0. The Bertz CT molecular complexity index is 784. The summed E-state index contributed by atoms with van der Waals surface area (Å²) in [5.41, 5.74) is 2.76. The normalized spacial score (nSPS) is 26.7. The molecule has 108 valence electrons. The molecular formula is C18H13NO3. The lowest BCUT2D eigenvalue weighted by Crippen LogP contribution is -2.18. The number of rotatable bonds is 2.